The number of hydrogen-bond acceptors (Lipinski definition) is 3. The van der Waals surface area contributed by atoms with Crippen molar-refractivity contribution < 1.29 is 4.79 Å². The first-order chi connectivity index (χ1) is 8.54. The van der Waals surface area contributed by atoms with Crippen LogP contribution in [0.3, 0.4) is 0 Å². The molecule has 0 spiro atoms. The molecule has 0 saturated heterocycles. The number of rotatable bonds is 7. The van der Waals surface area contributed by atoms with E-state index in [2.05, 4.69) is 30.0 Å². The zero-order valence-electron chi connectivity index (χ0n) is 11.2. The Labute approximate surface area is 109 Å². The number of carbonyl (C=O) groups is 1. The fourth-order valence-corrected chi connectivity index (χ4v) is 1.85. The van der Waals surface area contributed by atoms with Crippen LogP contribution in [0.5, 0.6) is 0 Å². The van der Waals surface area contributed by atoms with Crippen LogP contribution in [0.25, 0.3) is 0 Å². The average Bonchev–Trinajstić information content (AvgIpc) is 2.34. The Balaban J connectivity index is 2.80. The Morgan fingerprint density at radius 2 is 2.17 bits per heavy atom. The van der Waals surface area contributed by atoms with Gasteiger partial charge in [0.05, 0.1) is 5.92 Å². The van der Waals surface area contributed by atoms with Gasteiger partial charge in [-0.3, -0.25) is 4.79 Å². The van der Waals surface area contributed by atoms with E-state index in [1.807, 2.05) is 13.0 Å². The van der Waals surface area contributed by atoms with Gasteiger partial charge in [-0.1, -0.05) is 19.1 Å². The molecule has 1 amide bonds. The number of aryl methyl sites for hydroxylation is 1. The van der Waals surface area contributed by atoms with Crippen LogP contribution in [0.4, 0.5) is 5.69 Å². The average molecular weight is 249 g/mol. The van der Waals surface area contributed by atoms with Crippen molar-refractivity contribution in [2.75, 3.05) is 24.5 Å². The summed E-state index contributed by atoms with van der Waals surface area (Å²) in [5.74, 6) is -0.427. The van der Waals surface area contributed by atoms with Gasteiger partial charge in [0.2, 0.25) is 5.91 Å². The molecule has 0 aliphatic carbocycles. The fourth-order valence-electron chi connectivity index (χ4n) is 1.85. The molecule has 1 rings (SSSR count). The van der Waals surface area contributed by atoms with Crippen molar-refractivity contribution in [3.05, 3.63) is 29.8 Å². The van der Waals surface area contributed by atoms with Crippen molar-refractivity contribution >= 4 is 11.6 Å². The summed E-state index contributed by atoms with van der Waals surface area (Å²) in [6.45, 7) is 6.04. The SMILES string of the molecule is Cc1cccc(N(CCCN)CC(C)C(N)=O)c1. The zero-order valence-corrected chi connectivity index (χ0v) is 11.2. The second kappa shape index (κ2) is 7.01. The van der Waals surface area contributed by atoms with Crippen LogP contribution in [0.2, 0.25) is 0 Å². The minimum Gasteiger partial charge on any atom is -0.371 e. The standard InChI is InChI=1S/C14H23N3O/c1-11-5-3-6-13(9-11)17(8-4-7-15)10-12(2)14(16)18/h3,5-6,9,12H,4,7-8,10,15H2,1-2H3,(H2,16,18). The van der Waals surface area contributed by atoms with Crippen LogP contribution in [0.1, 0.15) is 18.9 Å². The molecular formula is C14H23N3O. The van der Waals surface area contributed by atoms with E-state index in [0.29, 0.717) is 13.1 Å². The van der Waals surface area contributed by atoms with Crippen molar-refractivity contribution in [1.29, 1.82) is 0 Å². The van der Waals surface area contributed by atoms with Gasteiger partial charge in [0.15, 0.2) is 0 Å². The summed E-state index contributed by atoms with van der Waals surface area (Å²) in [6.07, 6.45) is 0.902. The maximum atomic E-state index is 11.2. The van der Waals surface area contributed by atoms with Gasteiger partial charge in [-0.25, -0.2) is 0 Å². The van der Waals surface area contributed by atoms with Gasteiger partial charge in [0.25, 0.3) is 0 Å². The summed E-state index contributed by atoms with van der Waals surface area (Å²) in [5, 5.41) is 0. The van der Waals surface area contributed by atoms with E-state index in [0.717, 1.165) is 18.7 Å². The van der Waals surface area contributed by atoms with Crippen molar-refractivity contribution in [1.82, 2.24) is 0 Å². The predicted molar refractivity (Wildman–Crippen MR) is 75.4 cm³/mol. The maximum absolute atomic E-state index is 11.2. The summed E-state index contributed by atoms with van der Waals surface area (Å²) >= 11 is 0. The Kier molecular flexibility index (Phi) is 5.65. The van der Waals surface area contributed by atoms with Crippen LogP contribution in [-0.4, -0.2) is 25.5 Å². The molecule has 1 aromatic rings. The molecule has 0 fully saturated rings. The normalized spacial score (nSPS) is 12.2. The van der Waals surface area contributed by atoms with Gasteiger partial charge in [-0.15, -0.1) is 0 Å². The summed E-state index contributed by atoms with van der Waals surface area (Å²) in [7, 11) is 0. The monoisotopic (exact) mass is 249 g/mol. The van der Waals surface area contributed by atoms with Crippen molar-refractivity contribution in [3.8, 4) is 0 Å². The van der Waals surface area contributed by atoms with E-state index in [-0.39, 0.29) is 11.8 Å². The number of nitrogens with two attached hydrogens (primary N) is 2. The molecule has 0 aromatic heterocycles. The first kappa shape index (κ1) is 14.5. The van der Waals surface area contributed by atoms with E-state index in [1.165, 1.54) is 5.56 Å². The molecule has 4 nitrogen and oxygen atoms in total. The summed E-state index contributed by atoms with van der Waals surface area (Å²) < 4.78 is 0. The van der Waals surface area contributed by atoms with Crippen molar-refractivity contribution in [3.63, 3.8) is 0 Å². The third-order valence-electron chi connectivity index (χ3n) is 2.98. The van der Waals surface area contributed by atoms with E-state index in [9.17, 15) is 4.79 Å². The lowest BCUT2D eigenvalue weighted by Crippen LogP contribution is -2.36. The topological polar surface area (TPSA) is 72.3 Å². The molecule has 1 unspecified atom stereocenters. The Morgan fingerprint density at radius 3 is 2.72 bits per heavy atom. The third kappa shape index (κ3) is 4.37. The van der Waals surface area contributed by atoms with Gasteiger partial charge in [0.1, 0.15) is 0 Å². The van der Waals surface area contributed by atoms with Crippen molar-refractivity contribution in [2.45, 2.75) is 20.3 Å². The van der Waals surface area contributed by atoms with E-state index in [1.54, 1.807) is 0 Å². The number of hydrogen-bond donors (Lipinski definition) is 2. The molecule has 0 heterocycles. The van der Waals surface area contributed by atoms with E-state index >= 15 is 0 Å². The fraction of sp³-hybridized carbons (Fsp3) is 0.500. The second-order valence-corrected chi connectivity index (χ2v) is 4.73. The number of primary amides is 1. The molecule has 0 aliphatic rings. The minimum atomic E-state index is -0.264. The first-order valence-electron chi connectivity index (χ1n) is 6.35. The van der Waals surface area contributed by atoms with Gasteiger partial charge in [-0.2, -0.15) is 0 Å². The lowest BCUT2D eigenvalue weighted by Gasteiger charge is -2.27. The number of benzene rings is 1. The van der Waals surface area contributed by atoms with Gasteiger partial charge in [-0.05, 0) is 37.6 Å². The van der Waals surface area contributed by atoms with Crippen LogP contribution in [-0.2, 0) is 4.79 Å². The van der Waals surface area contributed by atoms with Crippen LogP contribution in [0.15, 0.2) is 24.3 Å². The number of nitrogens with zero attached hydrogens (tertiary/aromatic N) is 1. The van der Waals surface area contributed by atoms with Gasteiger partial charge >= 0.3 is 0 Å². The number of carbonyl (C=O) groups excluding carboxylic acids is 1. The molecule has 0 bridgehead atoms. The molecule has 4 heteroatoms. The van der Waals surface area contributed by atoms with Gasteiger partial charge in [0, 0.05) is 18.8 Å². The highest BCUT2D eigenvalue weighted by Gasteiger charge is 2.14. The predicted octanol–water partition coefficient (Wildman–Crippen LogP) is 1.27. The van der Waals surface area contributed by atoms with Crippen LogP contribution >= 0.6 is 0 Å². The van der Waals surface area contributed by atoms with Gasteiger partial charge < -0.3 is 16.4 Å². The first-order valence-corrected chi connectivity index (χ1v) is 6.35. The molecule has 1 aromatic carbocycles. The lowest BCUT2D eigenvalue weighted by atomic mass is 10.1. The molecule has 4 N–H and O–H groups in total. The van der Waals surface area contributed by atoms with E-state index < -0.39 is 0 Å². The quantitative estimate of drug-likeness (QED) is 0.764. The number of amides is 1. The largest absolute Gasteiger partial charge is 0.371 e. The smallest absolute Gasteiger partial charge is 0.222 e. The Hall–Kier alpha value is -1.55. The number of anilines is 1. The molecule has 0 aliphatic heterocycles. The summed E-state index contributed by atoms with van der Waals surface area (Å²) in [6, 6.07) is 8.25. The van der Waals surface area contributed by atoms with Crippen LogP contribution < -0.4 is 16.4 Å². The zero-order chi connectivity index (χ0) is 13.5. The molecule has 1 atom stereocenters. The third-order valence-corrected chi connectivity index (χ3v) is 2.98. The highest BCUT2D eigenvalue weighted by Crippen LogP contribution is 2.17. The van der Waals surface area contributed by atoms with E-state index in [4.69, 9.17) is 11.5 Å². The van der Waals surface area contributed by atoms with Crippen molar-refractivity contribution in [2.24, 2.45) is 17.4 Å². The highest BCUT2D eigenvalue weighted by atomic mass is 16.1. The Bertz CT molecular complexity index is 392. The Morgan fingerprint density at radius 1 is 1.44 bits per heavy atom. The molecule has 18 heavy (non-hydrogen) atoms. The summed E-state index contributed by atoms with van der Waals surface area (Å²) in [4.78, 5) is 13.4. The second-order valence-electron chi connectivity index (χ2n) is 4.73. The molecule has 0 saturated carbocycles. The molecular weight excluding hydrogens is 226 g/mol. The van der Waals surface area contributed by atoms with Crippen LogP contribution in [0, 0.1) is 12.8 Å². The highest BCUT2D eigenvalue weighted by molar-refractivity contribution is 5.77. The molecule has 0 radical (unpaired) electrons. The minimum absolute atomic E-state index is 0.164. The lowest BCUT2D eigenvalue weighted by molar-refractivity contribution is -0.121. The summed E-state index contributed by atoms with van der Waals surface area (Å²) in [5.41, 5.74) is 13.2. The molecule has 100 valence electrons. The maximum Gasteiger partial charge on any atom is 0.222 e.